The van der Waals surface area contributed by atoms with E-state index in [1.807, 2.05) is 12.1 Å². The van der Waals surface area contributed by atoms with Crippen molar-refractivity contribution >= 4 is 17.8 Å². The number of hydrogen-bond acceptors (Lipinski definition) is 4. The highest BCUT2D eigenvalue weighted by Crippen LogP contribution is 2.23. The average molecular weight is 353 g/mol. The van der Waals surface area contributed by atoms with E-state index in [2.05, 4.69) is 17.6 Å². The summed E-state index contributed by atoms with van der Waals surface area (Å²) in [6.07, 6.45) is 8.68. The summed E-state index contributed by atoms with van der Waals surface area (Å²) >= 11 is 0. The van der Waals surface area contributed by atoms with Crippen LogP contribution in [0.1, 0.15) is 60.5 Å². The Bertz CT molecular complexity index is 744. The minimum Gasteiger partial charge on any atom is -0.499 e. The lowest BCUT2D eigenvalue weighted by atomic mass is 9.89. The summed E-state index contributed by atoms with van der Waals surface area (Å²) in [6, 6.07) is 6.04. The van der Waals surface area contributed by atoms with Crippen LogP contribution in [0.15, 0.2) is 47.3 Å². The summed E-state index contributed by atoms with van der Waals surface area (Å²) in [4.78, 5) is 28.9. The third kappa shape index (κ3) is 5.25. The molecule has 0 radical (unpaired) electrons. The molecule has 0 bridgehead atoms. The van der Waals surface area contributed by atoms with Crippen molar-refractivity contribution in [2.24, 2.45) is 4.99 Å². The summed E-state index contributed by atoms with van der Waals surface area (Å²) < 4.78 is 5.12. The Morgan fingerprint density at radius 3 is 2.62 bits per heavy atom. The number of methoxy groups -OCH3 is 1. The number of fused-ring (bicyclic) bond motifs is 1. The van der Waals surface area contributed by atoms with Gasteiger partial charge in [-0.15, -0.1) is 0 Å². The molecule has 0 spiro atoms. The Labute approximate surface area is 155 Å². The van der Waals surface area contributed by atoms with Gasteiger partial charge in [0.25, 0.3) is 0 Å². The van der Waals surface area contributed by atoms with Crippen molar-refractivity contribution in [3.8, 4) is 0 Å². The molecular weight excluding hydrogens is 326 g/mol. The van der Waals surface area contributed by atoms with Gasteiger partial charge in [0.2, 0.25) is 0 Å². The number of carbonyl (C=O) groups is 2. The minimum absolute atomic E-state index is 0.0924. The quantitative estimate of drug-likeness (QED) is 0.282. The molecule has 0 amide bonds. The molecule has 0 aromatic heterocycles. The van der Waals surface area contributed by atoms with E-state index in [9.17, 15) is 9.59 Å². The van der Waals surface area contributed by atoms with Gasteiger partial charge in [0.1, 0.15) is 11.5 Å². The van der Waals surface area contributed by atoms with Gasteiger partial charge in [-0.1, -0.05) is 24.8 Å². The van der Waals surface area contributed by atoms with Crippen molar-refractivity contribution in [3.05, 3.63) is 59.0 Å². The Hall–Kier alpha value is -2.49. The number of aryl methyl sites for hydroxylation is 2. The van der Waals surface area contributed by atoms with E-state index < -0.39 is 0 Å². The van der Waals surface area contributed by atoms with Gasteiger partial charge >= 0.3 is 0 Å². The summed E-state index contributed by atoms with van der Waals surface area (Å²) in [5.74, 6) is 0.435. The lowest BCUT2D eigenvalue weighted by Crippen LogP contribution is -2.08. The summed E-state index contributed by atoms with van der Waals surface area (Å²) in [5, 5.41) is 0. The van der Waals surface area contributed by atoms with Crippen molar-refractivity contribution in [2.45, 2.75) is 51.9 Å². The molecule has 0 atom stereocenters. The molecule has 138 valence electrons. The molecule has 1 aliphatic rings. The van der Waals surface area contributed by atoms with Gasteiger partial charge in [0.15, 0.2) is 11.6 Å². The van der Waals surface area contributed by atoms with Crippen LogP contribution in [0.3, 0.4) is 0 Å². The second kappa shape index (κ2) is 9.85. The lowest BCUT2D eigenvalue weighted by Gasteiger charge is -2.16. The van der Waals surface area contributed by atoms with E-state index >= 15 is 0 Å². The second-order valence-electron chi connectivity index (χ2n) is 6.51. The zero-order valence-electron chi connectivity index (χ0n) is 15.7. The van der Waals surface area contributed by atoms with Crippen LogP contribution in [-0.2, 0) is 22.4 Å². The molecule has 0 unspecified atom stereocenters. The van der Waals surface area contributed by atoms with Crippen molar-refractivity contribution in [1.82, 2.24) is 0 Å². The van der Waals surface area contributed by atoms with E-state index in [4.69, 9.17) is 4.74 Å². The van der Waals surface area contributed by atoms with Crippen LogP contribution in [-0.4, -0.2) is 24.9 Å². The Balaban J connectivity index is 1.94. The molecule has 0 N–H and O–H groups in total. The van der Waals surface area contributed by atoms with Crippen molar-refractivity contribution in [3.63, 3.8) is 0 Å². The van der Waals surface area contributed by atoms with Gasteiger partial charge in [-0.2, -0.15) is 0 Å². The zero-order chi connectivity index (χ0) is 18.9. The first-order chi connectivity index (χ1) is 12.6. The summed E-state index contributed by atoms with van der Waals surface area (Å²) in [5.41, 5.74) is 3.71. The molecule has 2 rings (SSSR count). The smallest absolute Gasteiger partial charge is 0.184 e. The summed E-state index contributed by atoms with van der Waals surface area (Å²) in [7, 11) is 1.51. The molecule has 0 saturated heterocycles. The fraction of sp³-hybridized carbons (Fsp3) is 0.409. The number of rotatable bonds is 9. The SMILES string of the molecule is C=CC=N/C(C(=O)CCCC(=O)c1ccc2c(c1)CCCC2)=C(\C)OC. The van der Waals surface area contributed by atoms with Gasteiger partial charge in [-0.05, 0) is 56.2 Å². The number of hydrogen-bond donors (Lipinski definition) is 0. The molecule has 1 aliphatic carbocycles. The highest BCUT2D eigenvalue weighted by Gasteiger charge is 2.15. The molecule has 26 heavy (non-hydrogen) atoms. The van der Waals surface area contributed by atoms with Crippen LogP contribution in [0.4, 0.5) is 0 Å². The van der Waals surface area contributed by atoms with Crippen LogP contribution >= 0.6 is 0 Å². The summed E-state index contributed by atoms with van der Waals surface area (Å²) in [6.45, 7) is 5.26. The van der Waals surface area contributed by atoms with Gasteiger partial charge in [0.05, 0.1) is 7.11 Å². The number of allylic oxidation sites excluding steroid dienone is 3. The molecule has 4 nitrogen and oxygen atoms in total. The number of benzene rings is 1. The van der Waals surface area contributed by atoms with E-state index in [-0.39, 0.29) is 23.7 Å². The maximum atomic E-state index is 12.5. The van der Waals surface area contributed by atoms with Crippen LogP contribution < -0.4 is 0 Å². The zero-order valence-corrected chi connectivity index (χ0v) is 15.7. The molecule has 0 heterocycles. The molecule has 1 aromatic carbocycles. The molecule has 0 saturated carbocycles. The number of Topliss-reactive ketones (excluding diaryl/α,β-unsaturated/α-hetero) is 2. The maximum absolute atomic E-state index is 12.5. The van der Waals surface area contributed by atoms with Crippen molar-refractivity contribution < 1.29 is 14.3 Å². The van der Waals surface area contributed by atoms with Gasteiger partial charge in [-0.25, -0.2) is 4.99 Å². The number of ketones is 2. The molecule has 0 fully saturated rings. The third-order valence-electron chi connectivity index (χ3n) is 4.69. The third-order valence-corrected chi connectivity index (χ3v) is 4.69. The lowest BCUT2D eigenvalue weighted by molar-refractivity contribution is -0.115. The predicted molar refractivity (Wildman–Crippen MR) is 105 cm³/mol. The molecule has 4 heteroatoms. The number of aliphatic imine (C=N–C) groups is 1. The van der Waals surface area contributed by atoms with Crippen molar-refractivity contribution in [2.75, 3.05) is 7.11 Å². The normalized spacial score (nSPS) is 14.5. The second-order valence-corrected chi connectivity index (χ2v) is 6.51. The standard InChI is InChI=1S/C22H27NO3/c1-4-14-23-22(16(2)26-3)21(25)11-7-10-20(24)19-13-12-17-8-5-6-9-18(17)15-19/h4,12-15H,1,5-11H2,2-3H3/b22-16+,23-14?. The fourth-order valence-corrected chi connectivity index (χ4v) is 3.16. The van der Waals surface area contributed by atoms with Crippen molar-refractivity contribution in [1.29, 1.82) is 0 Å². The topological polar surface area (TPSA) is 55.7 Å². The van der Waals surface area contributed by atoms with Gasteiger partial charge in [0, 0.05) is 24.6 Å². The highest BCUT2D eigenvalue weighted by molar-refractivity contribution is 5.99. The molecule has 1 aromatic rings. The first-order valence-corrected chi connectivity index (χ1v) is 9.15. The predicted octanol–water partition coefficient (Wildman–Crippen LogP) is 4.62. The average Bonchev–Trinajstić information content (AvgIpc) is 2.67. The van der Waals surface area contributed by atoms with Crippen LogP contribution in [0.25, 0.3) is 0 Å². The van der Waals surface area contributed by atoms with Gasteiger partial charge in [-0.3, -0.25) is 9.59 Å². The van der Waals surface area contributed by atoms with Crippen LogP contribution in [0, 0.1) is 0 Å². The maximum Gasteiger partial charge on any atom is 0.184 e. The van der Waals surface area contributed by atoms with Crippen LogP contribution in [0.2, 0.25) is 0 Å². The Kier molecular flexibility index (Phi) is 7.52. The number of nitrogens with zero attached hydrogens (tertiary/aromatic N) is 1. The Morgan fingerprint density at radius 1 is 1.19 bits per heavy atom. The van der Waals surface area contributed by atoms with E-state index in [1.54, 1.807) is 6.92 Å². The Morgan fingerprint density at radius 2 is 1.92 bits per heavy atom. The van der Waals surface area contributed by atoms with Gasteiger partial charge < -0.3 is 4.74 Å². The highest BCUT2D eigenvalue weighted by atomic mass is 16.5. The minimum atomic E-state index is -0.124. The fourth-order valence-electron chi connectivity index (χ4n) is 3.16. The van der Waals surface area contributed by atoms with E-state index in [0.717, 1.165) is 18.4 Å². The number of carbonyl (C=O) groups excluding carboxylic acids is 2. The largest absolute Gasteiger partial charge is 0.499 e. The first kappa shape index (κ1) is 19.8. The molecular formula is C22H27NO3. The van der Waals surface area contributed by atoms with E-state index in [0.29, 0.717) is 18.6 Å². The number of ether oxygens (including phenoxy) is 1. The monoisotopic (exact) mass is 353 g/mol. The van der Waals surface area contributed by atoms with Crippen LogP contribution in [0.5, 0.6) is 0 Å². The first-order valence-electron chi connectivity index (χ1n) is 9.15. The van der Waals surface area contributed by atoms with E-state index in [1.165, 1.54) is 43.4 Å². The molecule has 0 aliphatic heterocycles.